The van der Waals surface area contributed by atoms with E-state index in [1.54, 1.807) is 0 Å². The van der Waals surface area contributed by atoms with Gasteiger partial charge in [-0.15, -0.1) is 10.2 Å². The quantitative estimate of drug-likeness (QED) is 0.827. The highest BCUT2D eigenvalue weighted by Crippen LogP contribution is 2.11. The molecular weight excluding hydrogens is 192 g/mol. The molecule has 1 atom stereocenters. The maximum absolute atomic E-state index is 10.6. The fraction of sp³-hybridized carbons (Fsp3) is 0.600. The van der Waals surface area contributed by atoms with Gasteiger partial charge in [-0.05, 0) is 6.42 Å². The molecule has 1 aromatic heterocycles. The molecule has 5 heteroatoms. The lowest BCUT2D eigenvalue weighted by atomic mass is 10.1. The van der Waals surface area contributed by atoms with E-state index < -0.39 is 5.91 Å². The van der Waals surface area contributed by atoms with Crippen LogP contribution in [0, 0.1) is 0 Å². The van der Waals surface area contributed by atoms with Crippen LogP contribution in [0.2, 0.25) is 0 Å². The van der Waals surface area contributed by atoms with Crippen molar-refractivity contribution in [3.63, 3.8) is 0 Å². The molecule has 0 saturated heterocycles. The Balaban J connectivity index is 0. The summed E-state index contributed by atoms with van der Waals surface area (Å²) in [4.78, 5) is 14.6. The van der Waals surface area contributed by atoms with Crippen LogP contribution in [0.15, 0.2) is 6.20 Å². The molecule has 0 aliphatic carbocycles. The van der Waals surface area contributed by atoms with Crippen molar-refractivity contribution in [3.8, 4) is 0 Å². The summed E-state index contributed by atoms with van der Waals surface area (Å²) < 4.78 is 0. The smallest absolute Gasteiger partial charge is 0.270 e. The lowest BCUT2D eigenvalue weighted by molar-refractivity contribution is 0.0994. The van der Waals surface area contributed by atoms with E-state index in [1.807, 2.05) is 27.7 Å². The molecule has 1 heterocycles. The van der Waals surface area contributed by atoms with Crippen LogP contribution in [0.25, 0.3) is 0 Å². The van der Waals surface area contributed by atoms with Gasteiger partial charge in [-0.2, -0.15) is 0 Å². The van der Waals surface area contributed by atoms with Gasteiger partial charge in [0.1, 0.15) is 0 Å². The lowest BCUT2D eigenvalue weighted by Crippen LogP contribution is -2.15. The number of hydrogen-bond donors (Lipinski definition) is 1. The number of hydrogen-bond acceptors (Lipinski definition) is 4. The van der Waals surface area contributed by atoms with Gasteiger partial charge in [0.25, 0.3) is 5.91 Å². The summed E-state index contributed by atoms with van der Waals surface area (Å²) in [7, 11) is 0. The largest absolute Gasteiger partial charge is 0.364 e. The predicted molar refractivity (Wildman–Crippen MR) is 60.5 cm³/mol. The Morgan fingerprint density at radius 2 is 2.13 bits per heavy atom. The normalized spacial score (nSPS) is 11.2. The lowest BCUT2D eigenvalue weighted by Gasteiger charge is -2.04. The van der Waals surface area contributed by atoms with Crippen molar-refractivity contribution in [2.75, 3.05) is 0 Å². The van der Waals surface area contributed by atoms with E-state index in [2.05, 4.69) is 15.2 Å². The molecule has 2 N–H and O–H groups in total. The second kappa shape index (κ2) is 6.86. The minimum absolute atomic E-state index is 0. The van der Waals surface area contributed by atoms with Gasteiger partial charge in [-0.3, -0.25) is 4.79 Å². The van der Waals surface area contributed by atoms with E-state index in [4.69, 9.17) is 5.73 Å². The number of rotatable bonds is 3. The maximum atomic E-state index is 10.6. The third kappa shape index (κ3) is 4.01. The maximum Gasteiger partial charge on any atom is 0.270 e. The van der Waals surface area contributed by atoms with E-state index in [9.17, 15) is 4.79 Å². The number of carbonyl (C=O) groups excluding carboxylic acids is 1. The van der Waals surface area contributed by atoms with Gasteiger partial charge in [0.2, 0.25) is 0 Å². The Hall–Kier alpha value is -1.52. The first-order valence-corrected chi connectivity index (χ1v) is 5.14. The third-order valence-electron chi connectivity index (χ3n) is 1.88. The average molecular weight is 212 g/mol. The van der Waals surface area contributed by atoms with Crippen LogP contribution in [0.5, 0.6) is 0 Å². The highest BCUT2D eigenvalue weighted by molar-refractivity contribution is 5.90. The molecule has 0 spiro atoms. The second-order valence-corrected chi connectivity index (χ2v) is 2.88. The van der Waals surface area contributed by atoms with E-state index in [1.165, 1.54) is 6.20 Å². The van der Waals surface area contributed by atoms with Crippen LogP contribution < -0.4 is 5.73 Å². The second-order valence-electron chi connectivity index (χ2n) is 2.88. The van der Waals surface area contributed by atoms with Crippen molar-refractivity contribution < 1.29 is 6.22 Å². The summed E-state index contributed by atoms with van der Waals surface area (Å²) >= 11 is 0. The first kappa shape index (κ1) is 13.5. The molecule has 0 aliphatic heterocycles. The molecule has 0 radical (unpaired) electrons. The van der Waals surface area contributed by atoms with Crippen LogP contribution in [0.1, 0.15) is 57.8 Å². The first-order chi connectivity index (χ1) is 7.15. The van der Waals surface area contributed by atoms with Crippen LogP contribution in [-0.4, -0.2) is 21.1 Å². The van der Waals surface area contributed by atoms with Gasteiger partial charge in [-0.1, -0.05) is 27.7 Å². The van der Waals surface area contributed by atoms with Crippen molar-refractivity contribution in [1.82, 2.24) is 15.2 Å². The van der Waals surface area contributed by atoms with Crippen LogP contribution in [0.4, 0.5) is 0 Å². The highest BCUT2D eigenvalue weighted by atomic mass is 16.1. The Kier molecular flexibility index (Phi) is 6.17. The average Bonchev–Trinajstić information content (AvgIpc) is 2.31. The van der Waals surface area contributed by atoms with Gasteiger partial charge in [-0.25, -0.2) is 4.98 Å². The van der Waals surface area contributed by atoms with Crippen molar-refractivity contribution in [1.29, 1.82) is 0 Å². The molecule has 1 unspecified atom stereocenters. The van der Waals surface area contributed by atoms with Crippen LogP contribution in [0.3, 0.4) is 0 Å². The molecule has 0 aliphatic rings. The van der Waals surface area contributed by atoms with Crippen molar-refractivity contribution in [2.24, 2.45) is 5.73 Å². The molecule has 1 amide bonds. The minimum Gasteiger partial charge on any atom is -0.364 e. The third-order valence-corrected chi connectivity index (χ3v) is 1.88. The van der Waals surface area contributed by atoms with Crippen LogP contribution >= 0.6 is 0 Å². The number of nitrogens with zero attached hydrogens (tertiary/aromatic N) is 3. The summed E-state index contributed by atoms with van der Waals surface area (Å²) in [5.74, 6) is 0.303. The summed E-state index contributed by atoms with van der Waals surface area (Å²) in [5.41, 5.74) is 5.09. The monoisotopic (exact) mass is 212 g/mol. The zero-order valence-electron chi connectivity index (χ0n) is 9.69. The van der Waals surface area contributed by atoms with Gasteiger partial charge in [0, 0.05) is 7.34 Å². The Morgan fingerprint density at radius 3 is 2.47 bits per heavy atom. The summed E-state index contributed by atoms with van der Waals surface area (Å²) in [6, 6.07) is 0. The number of aromatic nitrogens is 3. The topological polar surface area (TPSA) is 81.8 Å². The molecule has 0 aromatic carbocycles. The van der Waals surface area contributed by atoms with E-state index in [0.717, 1.165) is 6.42 Å². The van der Waals surface area contributed by atoms with E-state index in [-0.39, 0.29) is 13.0 Å². The highest BCUT2D eigenvalue weighted by Gasteiger charge is 2.08. The number of amides is 1. The molecule has 0 saturated carbocycles. The van der Waals surface area contributed by atoms with Crippen molar-refractivity contribution in [3.05, 3.63) is 17.7 Å². The fourth-order valence-electron chi connectivity index (χ4n) is 0.805. The molecule has 1 aromatic rings. The molecule has 5 nitrogen and oxygen atoms in total. The molecule has 1 rings (SSSR count). The molecule has 86 valence electrons. The Morgan fingerprint density at radius 1 is 1.53 bits per heavy atom. The standard InChI is InChI=1S/C8H12N4O.C2H6.H2/c1-3-5(2)8-10-4-6(7(9)13)11-12-8;1-2;/h4-5H,3H2,1-2H3,(H2,9,13);1-2H3;1H. The minimum atomic E-state index is -0.601. The van der Waals surface area contributed by atoms with Crippen molar-refractivity contribution in [2.45, 2.75) is 40.0 Å². The van der Waals surface area contributed by atoms with Gasteiger partial charge in [0.15, 0.2) is 11.5 Å². The molecular formula is C10H20N4O. The van der Waals surface area contributed by atoms with Gasteiger partial charge >= 0.3 is 0 Å². The van der Waals surface area contributed by atoms with E-state index >= 15 is 0 Å². The molecule has 0 bridgehead atoms. The van der Waals surface area contributed by atoms with E-state index in [0.29, 0.717) is 5.82 Å². The zero-order valence-corrected chi connectivity index (χ0v) is 9.69. The summed E-state index contributed by atoms with van der Waals surface area (Å²) in [6.45, 7) is 8.04. The molecule has 15 heavy (non-hydrogen) atoms. The number of primary amides is 1. The van der Waals surface area contributed by atoms with Gasteiger partial charge < -0.3 is 5.73 Å². The Bertz CT molecular complexity index is 302. The summed E-state index contributed by atoms with van der Waals surface area (Å²) in [5, 5.41) is 7.47. The number of nitrogens with two attached hydrogens (primary N) is 1. The predicted octanol–water partition coefficient (Wildman–Crippen LogP) is 1.76. The molecule has 0 fully saturated rings. The SMILES string of the molecule is CC.CCC(C)c1ncc(C(N)=O)nn1.[HH]. The number of carbonyl (C=O) groups is 1. The summed E-state index contributed by atoms with van der Waals surface area (Å²) in [6.07, 6.45) is 2.30. The van der Waals surface area contributed by atoms with Gasteiger partial charge in [0.05, 0.1) is 6.20 Å². The van der Waals surface area contributed by atoms with Crippen molar-refractivity contribution >= 4 is 5.91 Å². The van der Waals surface area contributed by atoms with Crippen LogP contribution in [-0.2, 0) is 0 Å². The first-order valence-electron chi connectivity index (χ1n) is 5.14. The fourth-order valence-corrected chi connectivity index (χ4v) is 0.805. The zero-order chi connectivity index (χ0) is 11.8. The Labute approximate surface area is 91.6 Å².